The fourth-order valence-corrected chi connectivity index (χ4v) is 3.57. The van der Waals surface area contributed by atoms with Gasteiger partial charge < -0.3 is 10.6 Å². The van der Waals surface area contributed by atoms with Crippen molar-refractivity contribution in [2.24, 2.45) is 0 Å². The van der Waals surface area contributed by atoms with Crippen LogP contribution in [-0.4, -0.2) is 23.2 Å². The van der Waals surface area contributed by atoms with Crippen molar-refractivity contribution in [2.75, 3.05) is 23.9 Å². The molecule has 6 nitrogen and oxygen atoms in total. The predicted molar refractivity (Wildman–Crippen MR) is 113 cm³/mol. The maximum absolute atomic E-state index is 13.8. The summed E-state index contributed by atoms with van der Waals surface area (Å²) >= 11 is 0. The minimum Gasteiger partial charge on any atom is -0.383 e. The van der Waals surface area contributed by atoms with E-state index in [1.165, 1.54) is 0 Å². The van der Waals surface area contributed by atoms with Crippen molar-refractivity contribution in [1.29, 1.82) is 10.5 Å². The number of hydrogen-bond acceptors (Lipinski definition) is 6. The Morgan fingerprint density at radius 3 is 2.77 bits per heavy atom. The molecule has 0 spiro atoms. The Hall–Kier alpha value is -3.97. The van der Waals surface area contributed by atoms with Gasteiger partial charge in [0.2, 0.25) is 5.95 Å². The van der Waals surface area contributed by atoms with Crippen LogP contribution in [0, 0.1) is 29.6 Å². The monoisotopic (exact) mass is 398 g/mol. The average molecular weight is 398 g/mol. The normalized spacial score (nSPS) is 16.8. The molecule has 148 valence electrons. The molecule has 0 amide bonds. The van der Waals surface area contributed by atoms with Crippen molar-refractivity contribution in [2.45, 2.75) is 19.3 Å². The molecule has 2 heterocycles. The first-order chi connectivity index (χ1) is 14.5. The Bertz CT molecular complexity index is 1220. The number of halogens is 1. The predicted octanol–water partition coefficient (Wildman–Crippen LogP) is 4.59. The van der Waals surface area contributed by atoms with E-state index in [0.29, 0.717) is 35.0 Å². The Morgan fingerprint density at radius 2 is 2.03 bits per heavy atom. The molecule has 0 saturated carbocycles. The van der Waals surface area contributed by atoms with E-state index in [4.69, 9.17) is 5.26 Å². The number of aromatic nitrogens is 2. The van der Waals surface area contributed by atoms with E-state index in [1.54, 1.807) is 30.5 Å². The van der Waals surface area contributed by atoms with E-state index in [9.17, 15) is 9.65 Å². The highest BCUT2D eigenvalue weighted by Crippen LogP contribution is 2.41. The minimum atomic E-state index is -0.681. The molecule has 0 saturated heterocycles. The highest BCUT2D eigenvalue weighted by molar-refractivity contribution is 5.76. The van der Waals surface area contributed by atoms with Gasteiger partial charge in [-0.3, -0.25) is 4.39 Å². The van der Waals surface area contributed by atoms with Gasteiger partial charge in [0.15, 0.2) is 0 Å². The molecule has 0 radical (unpaired) electrons. The van der Waals surface area contributed by atoms with Crippen LogP contribution < -0.4 is 10.6 Å². The number of rotatable bonds is 4. The molecule has 2 N–H and O–H groups in total. The molecular formula is C23H19FN6. The van der Waals surface area contributed by atoms with Gasteiger partial charge in [-0.1, -0.05) is 13.0 Å². The number of alkyl halides is 1. The number of aryl methyl sites for hydroxylation is 1. The summed E-state index contributed by atoms with van der Waals surface area (Å²) in [7, 11) is 0. The lowest BCUT2D eigenvalue weighted by atomic mass is 9.84. The number of anilines is 3. The lowest BCUT2D eigenvalue weighted by Crippen LogP contribution is -2.26. The summed E-state index contributed by atoms with van der Waals surface area (Å²) in [4.78, 5) is 8.85. The number of benzene rings is 2. The van der Waals surface area contributed by atoms with Crippen LogP contribution in [0.4, 0.5) is 21.7 Å². The van der Waals surface area contributed by atoms with Gasteiger partial charge in [-0.15, -0.1) is 0 Å². The SMILES string of the molecule is Cc1ccc(C#N)cc1Nc1nccc(-c2cc(C#N)c3c(c2)[C@@](C)(CF)CN3)n1. The van der Waals surface area contributed by atoms with Crippen molar-refractivity contribution in [3.8, 4) is 23.4 Å². The van der Waals surface area contributed by atoms with Gasteiger partial charge >= 0.3 is 0 Å². The number of fused-ring (bicyclic) bond motifs is 1. The zero-order chi connectivity index (χ0) is 21.3. The van der Waals surface area contributed by atoms with Crippen molar-refractivity contribution in [1.82, 2.24) is 9.97 Å². The van der Waals surface area contributed by atoms with Gasteiger partial charge in [0.05, 0.1) is 28.6 Å². The van der Waals surface area contributed by atoms with Gasteiger partial charge in [-0.2, -0.15) is 10.5 Å². The summed E-state index contributed by atoms with van der Waals surface area (Å²) in [6.07, 6.45) is 1.63. The van der Waals surface area contributed by atoms with E-state index >= 15 is 0 Å². The fraction of sp³-hybridized carbons (Fsp3) is 0.217. The third-order valence-electron chi connectivity index (χ3n) is 5.42. The van der Waals surface area contributed by atoms with Crippen LogP contribution in [0.5, 0.6) is 0 Å². The van der Waals surface area contributed by atoms with Gasteiger partial charge in [-0.05, 0) is 48.4 Å². The smallest absolute Gasteiger partial charge is 0.227 e. The average Bonchev–Trinajstić information content (AvgIpc) is 3.12. The molecule has 1 aliphatic rings. The minimum absolute atomic E-state index is 0.371. The van der Waals surface area contributed by atoms with E-state index in [0.717, 1.165) is 22.4 Å². The van der Waals surface area contributed by atoms with Crippen molar-refractivity contribution in [3.63, 3.8) is 0 Å². The summed E-state index contributed by atoms with van der Waals surface area (Å²) in [6.45, 7) is 3.70. The van der Waals surface area contributed by atoms with E-state index in [-0.39, 0.29) is 0 Å². The van der Waals surface area contributed by atoms with Crippen LogP contribution in [0.25, 0.3) is 11.3 Å². The second-order valence-electron chi connectivity index (χ2n) is 7.64. The molecule has 3 aromatic rings. The van der Waals surface area contributed by atoms with E-state index in [2.05, 4.69) is 32.7 Å². The third kappa shape index (κ3) is 3.31. The van der Waals surface area contributed by atoms with E-state index in [1.807, 2.05) is 26.0 Å². The number of nitrogens with one attached hydrogen (secondary N) is 2. The lowest BCUT2D eigenvalue weighted by Gasteiger charge is -2.20. The summed E-state index contributed by atoms with van der Waals surface area (Å²) in [5.74, 6) is 0.371. The molecule has 1 atom stereocenters. The molecule has 0 aliphatic carbocycles. The Kier molecular flexibility index (Phi) is 4.81. The second-order valence-corrected chi connectivity index (χ2v) is 7.64. The lowest BCUT2D eigenvalue weighted by molar-refractivity contribution is 0.351. The van der Waals surface area contributed by atoms with E-state index < -0.39 is 12.1 Å². The fourth-order valence-electron chi connectivity index (χ4n) is 3.57. The zero-order valence-corrected chi connectivity index (χ0v) is 16.6. The first-order valence-electron chi connectivity index (χ1n) is 9.47. The zero-order valence-electron chi connectivity index (χ0n) is 16.6. The molecule has 1 aliphatic heterocycles. The number of nitriles is 2. The highest BCUT2D eigenvalue weighted by atomic mass is 19.1. The summed E-state index contributed by atoms with van der Waals surface area (Å²) in [5, 5.41) is 25.0. The molecule has 0 unspecified atom stereocenters. The summed E-state index contributed by atoms with van der Waals surface area (Å²) < 4.78 is 13.8. The molecule has 4 rings (SSSR count). The maximum Gasteiger partial charge on any atom is 0.227 e. The Labute approximate surface area is 174 Å². The van der Waals surface area contributed by atoms with Crippen LogP contribution in [0.2, 0.25) is 0 Å². The largest absolute Gasteiger partial charge is 0.383 e. The third-order valence-corrected chi connectivity index (χ3v) is 5.42. The molecule has 30 heavy (non-hydrogen) atoms. The van der Waals surface area contributed by atoms with Gasteiger partial charge in [0.1, 0.15) is 12.7 Å². The maximum atomic E-state index is 13.8. The first kappa shape index (κ1) is 19.4. The molecule has 0 fully saturated rings. The summed E-state index contributed by atoms with van der Waals surface area (Å²) in [6, 6.07) is 15.1. The molecular weight excluding hydrogens is 379 g/mol. The topological polar surface area (TPSA) is 97.4 Å². The first-order valence-corrected chi connectivity index (χ1v) is 9.47. The second kappa shape index (κ2) is 7.46. The van der Waals surface area contributed by atoms with Gasteiger partial charge in [0, 0.05) is 29.4 Å². The van der Waals surface area contributed by atoms with Crippen LogP contribution in [0.3, 0.4) is 0 Å². The Balaban J connectivity index is 1.75. The number of hydrogen-bond donors (Lipinski definition) is 2. The molecule has 0 bridgehead atoms. The Morgan fingerprint density at radius 1 is 1.20 bits per heavy atom. The molecule has 2 aromatic carbocycles. The highest BCUT2D eigenvalue weighted by Gasteiger charge is 2.36. The summed E-state index contributed by atoms with van der Waals surface area (Å²) in [5.41, 5.74) is 4.84. The van der Waals surface area contributed by atoms with Crippen molar-refractivity contribution in [3.05, 3.63) is 64.8 Å². The van der Waals surface area contributed by atoms with Crippen LogP contribution >= 0.6 is 0 Å². The molecule has 7 heteroatoms. The van der Waals surface area contributed by atoms with Crippen LogP contribution in [0.15, 0.2) is 42.6 Å². The van der Waals surface area contributed by atoms with Crippen molar-refractivity contribution < 1.29 is 4.39 Å². The number of nitrogens with zero attached hydrogens (tertiary/aromatic N) is 4. The van der Waals surface area contributed by atoms with Crippen LogP contribution in [-0.2, 0) is 5.41 Å². The standard InChI is InChI=1S/C23H19FN6/c1-14-3-4-15(10-25)7-20(14)30-22-27-6-5-19(29-22)16-8-17(11-26)21-18(9-16)23(2,12-24)13-28-21/h3-9,28H,12-13H2,1-2H3,(H,27,29,30)/t23-/m0/s1. The van der Waals surface area contributed by atoms with Crippen LogP contribution in [0.1, 0.15) is 29.2 Å². The quantitative estimate of drug-likeness (QED) is 0.667. The van der Waals surface area contributed by atoms with Gasteiger partial charge in [-0.25, -0.2) is 9.97 Å². The van der Waals surface area contributed by atoms with Crippen molar-refractivity contribution >= 4 is 17.3 Å². The molecule has 1 aromatic heterocycles. The van der Waals surface area contributed by atoms with Gasteiger partial charge in [0.25, 0.3) is 0 Å².